The lowest BCUT2D eigenvalue weighted by molar-refractivity contribution is 0.222. The van der Waals surface area contributed by atoms with Crippen molar-refractivity contribution in [2.45, 2.75) is 24.3 Å². The molecule has 0 radical (unpaired) electrons. The largest absolute Gasteiger partial charge is 0.325 e. The molecule has 1 aliphatic heterocycles. The van der Waals surface area contributed by atoms with E-state index in [-0.39, 0.29) is 17.5 Å². The first kappa shape index (κ1) is 17.4. The van der Waals surface area contributed by atoms with Crippen LogP contribution in [0.2, 0.25) is 0 Å². The van der Waals surface area contributed by atoms with Gasteiger partial charge in [-0.3, -0.25) is 4.98 Å². The summed E-state index contributed by atoms with van der Waals surface area (Å²) < 4.78 is 27.2. The highest BCUT2D eigenvalue weighted by Crippen LogP contribution is 2.16. The molecule has 0 saturated carbocycles. The van der Waals surface area contributed by atoms with E-state index in [1.165, 1.54) is 12.1 Å². The van der Waals surface area contributed by atoms with E-state index in [1.54, 1.807) is 41.6 Å². The quantitative estimate of drug-likeness (QED) is 0.855. The summed E-state index contributed by atoms with van der Waals surface area (Å²) in [5.41, 5.74) is 1.35. The molecule has 1 saturated heterocycles. The van der Waals surface area contributed by atoms with Gasteiger partial charge in [-0.1, -0.05) is 6.07 Å². The molecule has 1 aromatic heterocycles. The number of nitrogens with one attached hydrogen (secondary N) is 2. The Hall–Kier alpha value is -2.45. The van der Waals surface area contributed by atoms with Crippen LogP contribution in [0.4, 0.5) is 10.5 Å². The predicted molar refractivity (Wildman–Crippen MR) is 94.5 cm³/mol. The molecule has 0 spiro atoms. The maximum absolute atomic E-state index is 12.3. The number of amides is 2. The zero-order chi connectivity index (χ0) is 17.7. The number of benzene rings is 1. The van der Waals surface area contributed by atoms with Crippen LogP contribution >= 0.6 is 0 Å². The molecule has 8 heteroatoms. The number of anilines is 1. The Morgan fingerprint density at radius 3 is 2.48 bits per heavy atom. The maximum Gasteiger partial charge on any atom is 0.321 e. The monoisotopic (exact) mass is 360 g/mol. The summed E-state index contributed by atoms with van der Waals surface area (Å²) in [5.74, 6) is 0. The summed E-state index contributed by atoms with van der Waals surface area (Å²) in [7, 11) is -3.62. The lowest BCUT2D eigenvalue weighted by Crippen LogP contribution is -2.32. The molecule has 132 valence electrons. The van der Waals surface area contributed by atoms with E-state index in [0.29, 0.717) is 5.69 Å². The highest BCUT2D eigenvalue weighted by atomic mass is 32.2. The molecule has 2 amide bonds. The van der Waals surface area contributed by atoms with Crippen LogP contribution in [0.15, 0.2) is 53.7 Å². The predicted octanol–water partition coefficient (Wildman–Crippen LogP) is 2.19. The molecule has 0 unspecified atom stereocenters. The third kappa shape index (κ3) is 4.55. The first-order chi connectivity index (χ1) is 12.0. The van der Waals surface area contributed by atoms with Crippen molar-refractivity contribution in [3.05, 3.63) is 54.4 Å². The Balaban J connectivity index is 1.61. The van der Waals surface area contributed by atoms with E-state index in [9.17, 15) is 13.2 Å². The third-order valence-corrected chi connectivity index (χ3v) is 5.42. The summed E-state index contributed by atoms with van der Waals surface area (Å²) in [6.07, 6.45) is 5.28. The van der Waals surface area contributed by atoms with E-state index >= 15 is 0 Å². The Kier molecular flexibility index (Phi) is 5.30. The SMILES string of the molecule is O=C(Nc1ccc(S(=O)(=O)NCc2cccnc2)cc1)N1CCCC1. The van der Waals surface area contributed by atoms with Crippen molar-refractivity contribution < 1.29 is 13.2 Å². The van der Waals surface area contributed by atoms with Crippen LogP contribution in [0, 0.1) is 0 Å². The first-order valence-corrected chi connectivity index (χ1v) is 9.57. The topological polar surface area (TPSA) is 91.4 Å². The molecule has 3 rings (SSSR count). The van der Waals surface area contributed by atoms with Gasteiger partial charge in [-0.2, -0.15) is 0 Å². The van der Waals surface area contributed by atoms with Crippen molar-refractivity contribution >= 4 is 21.7 Å². The minimum atomic E-state index is -3.62. The van der Waals surface area contributed by atoms with Crippen molar-refractivity contribution in [2.75, 3.05) is 18.4 Å². The van der Waals surface area contributed by atoms with Crippen LogP contribution < -0.4 is 10.0 Å². The highest BCUT2D eigenvalue weighted by Gasteiger charge is 2.18. The number of pyridine rings is 1. The van der Waals surface area contributed by atoms with Crippen LogP contribution in [0.1, 0.15) is 18.4 Å². The van der Waals surface area contributed by atoms with Crippen LogP contribution in [-0.2, 0) is 16.6 Å². The molecule has 2 aromatic rings. The molecule has 0 bridgehead atoms. The van der Waals surface area contributed by atoms with Crippen molar-refractivity contribution in [3.8, 4) is 0 Å². The summed E-state index contributed by atoms with van der Waals surface area (Å²) >= 11 is 0. The molecular weight excluding hydrogens is 340 g/mol. The van der Waals surface area contributed by atoms with Crippen LogP contribution in [0.3, 0.4) is 0 Å². The third-order valence-electron chi connectivity index (χ3n) is 4.00. The fourth-order valence-corrected chi connectivity index (χ4v) is 3.62. The number of carbonyl (C=O) groups excluding carboxylic acids is 1. The van der Waals surface area contributed by atoms with Gasteiger partial charge in [0.05, 0.1) is 4.90 Å². The number of carbonyl (C=O) groups is 1. The fraction of sp³-hybridized carbons (Fsp3) is 0.294. The minimum Gasteiger partial charge on any atom is -0.325 e. The molecule has 25 heavy (non-hydrogen) atoms. The Labute approximate surface area is 147 Å². The molecule has 1 aliphatic rings. The van der Waals surface area contributed by atoms with E-state index in [1.807, 2.05) is 0 Å². The molecule has 0 atom stereocenters. The number of nitrogens with zero attached hydrogens (tertiary/aromatic N) is 2. The summed E-state index contributed by atoms with van der Waals surface area (Å²) in [6, 6.07) is 9.53. The van der Waals surface area contributed by atoms with Crippen LogP contribution in [0.25, 0.3) is 0 Å². The molecule has 1 aromatic carbocycles. The van der Waals surface area contributed by atoms with E-state index in [2.05, 4.69) is 15.0 Å². The van der Waals surface area contributed by atoms with Crippen molar-refractivity contribution in [1.82, 2.24) is 14.6 Å². The second kappa shape index (κ2) is 7.62. The fourth-order valence-electron chi connectivity index (χ4n) is 2.60. The summed E-state index contributed by atoms with van der Waals surface area (Å²) in [6.45, 7) is 1.69. The zero-order valence-corrected chi connectivity index (χ0v) is 14.5. The van der Waals surface area contributed by atoms with Crippen molar-refractivity contribution in [1.29, 1.82) is 0 Å². The Bertz CT molecular complexity index is 817. The second-order valence-electron chi connectivity index (χ2n) is 5.83. The van der Waals surface area contributed by atoms with Crippen molar-refractivity contribution in [3.63, 3.8) is 0 Å². The average molecular weight is 360 g/mol. The molecule has 1 fully saturated rings. The highest BCUT2D eigenvalue weighted by molar-refractivity contribution is 7.89. The average Bonchev–Trinajstić information content (AvgIpc) is 3.16. The first-order valence-electron chi connectivity index (χ1n) is 8.09. The van der Waals surface area contributed by atoms with Gasteiger partial charge in [0.2, 0.25) is 10.0 Å². The number of sulfonamides is 1. The van der Waals surface area contributed by atoms with Gasteiger partial charge in [0.15, 0.2) is 0 Å². The molecule has 2 heterocycles. The van der Waals surface area contributed by atoms with Crippen molar-refractivity contribution in [2.24, 2.45) is 0 Å². The minimum absolute atomic E-state index is 0.149. The molecule has 2 N–H and O–H groups in total. The number of urea groups is 1. The lowest BCUT2D eigenvalue weighted by atomic mass is 10.3. The lowest BCUT2D eigenvalue weighted by Gasteiger charge is -2.16. The van der Waals surface area contributed by atoms with Gasteiger partial charge in [-0.25, -0.2) is 17.9 Å². The maximum atomic E-state index is 12.3. The molecular formula is C17H20N4O3S. The van der Waals surface area contributed by atoms with Gasteiger partial charge < -0.3 is 10.2 Å². The van der Waals surface area contributed by atoms with E-state index in [0.717, 1.165) is 31.5 Å². The van der Waals surface area contributed by atoms with E-state index in [4.69, 9.17) is 0 Å². The summed E-state index contributed by atoms with van der Waals surface area (Å²) in [4.78, 5) is 17.9. The normalized spacial score (nSPS) is 14.5. The Morgan fingerprint density at radius 1 is 1.12 bits per heavy atom. The van der Waals surface area contributed by atoms with Gasteiger partial charge in [0.25, 0.3) is 0 Å². The van der Waals surface area contributed by atoms with E-state index < -0.39 is 10.0 Å². The van der Waals surface area contributed by atoms with Gasteiger partial charge in [-0.05, 0) is 48.7 Å². The Morgan fingerprint density at radius 2 is 1.84 bits per heavy atom. The van der Waals surface area contributed by atoms with Crippen LogP contribution in [0.5, 0.6) is 0 Å². The van der Waals surface area contributed by atoms with Gasteiger partial charge in [-0.15, -0.1) is 0 Å². The zero-order valence-electron chi connectivity index (χ0n) is 13.7. The molecule has 7 nitrogen and oxygen atoms in total. The van der Waals surface area contributed by atoms with Gasteiger partial charge >= 0.3 is 6.03 Å². The summed E-state index contributed by atoms with van der Waals surface area (Å²) in [5, 5.41) is 2.78. The number of rotatable bonds is 5. The number of aromatic nitrogens is 1. The van der Waals surface area contributed by atoms with Crippen LogP contribution in [-0.4, -0.2) is 37.4 Å². The standard InChI is InChI=1S/C17H20N4O3S/c22-17(21-10-1-2-11-21)20-15-5-7-16(8-6-15)25(23,24)19-13-14-4-3-9-18-12-14/h3-9,12,19H,1-2,10-11,13H2,(H,20,22). The number of hydrogen-bond donors (Lipinski definition) is 2. The van der Waals surface area contributed by atoms with Gasteiger partial charge in [0.1, 0.15) is 0 Å². The van der Waals surface area contributed by atoms with Gasteiger partial charge in [0, 0.05) is 37.7 Å². The number of likely N-dealkylation sites (tertiary alicyclic amines) is 1. The number of hydrogen-bond acceptors (Lipinski definition) is 4. The second-order valence-corrected chi connectivity index (χ2v) is 7.60. The smallest absolute Gasteiger partial charge is 0.321 e. The molecule has 0 aliphatic carbocycles.